The highest BCUT2D eigenvalue weighted by Gasteiger charge is 1.93. The van der Waals surface area contributed by atoms with Crippen molar-refractivity contribution in [3.8, 4) is 0 Å². The van der Waals surface area contributed by atoms with Gasteiger partial charge in [-0.05, 0) is 27.1 Å². The maximum atomic E-state index is 4.00. The van der Waals surface area contributed by atoms with Gasteiger partial charge in [0.25, 0.3) is 0 Å². The Balaban J connectivity index is 2.13. The van der Waals surface area contributed by atoms with Crippen molar-refractivity contribution < 1.29 is 0 Å². The third kappa shape index (κ3) is 4.42. The van der Waals surface area contributed by atoms with Crippen molar-refractivity contribution in [1.29, 1.82) is 0 Å². The molecule has 0 aromatic carbocycles. The Kier molecular flexibility index (Phi) is 4.18. The molecule has 1 aromatic rings. The molecule has 13 heavy (non-hydrogen) atoms. The van der Waals surface area contributed by atoms with Crippen LogP contribution < -0.4 is 5.32 Å². The second kappa shape index (κ2) is 5.48. The predicted octanol–water partition coefficient (Wildman–Crippen LogP) is 0.640. The van der Waals surface area contributed by atoms with E-state index >= 15 is 0 Å². The quantitative estimate of drug-likeness (QED) is 0.673. The molecule has 1 heterocycles. The van der Waals surface area contributed by atoms with Crippen LogP contribution in [0, 0.1) is 6.07 Å². The fourth-order valence-corrected chi connectivity index (χ4v) is 0.950. The van der Waals surface area contributed by atoms with Crippen LogP contribution in [0.15, 0.2) is 12.4 Å². The maximum absolute atomic E-state index is 4.00. The second-order valence-corrected chi connectivity index (χ2v) is 3.09. The van der Waals surface area contributed by atoms with E-state index in [1.807, 2.05) is 0 Å². The fourth-order valence-electron chi connectivity index (χ4n) is 0.950. The normalized spacial score (nSPS) is 10.4. The molecule has 0 amide bonds. The van der Waals surface area contributed by atoms with Crippen LogP contribution in [0.3, 0.4) is 0 Å². The average molecular weight is 179 g/mol. The van der Waals surface area contributed by atoms with Crippen LogP contribution >= 0.6 is 0 Å². The van der Waals surface area contributed by atoms with E-state index in [1.165, 1.54) is 0 Å². The lowest BCUT2D eigenvalue weighted by Gasteiger charge is -2.09. The monoisotopic (exact) mass is 179 g/mol. The van der Waals surface area contributed by atoms with Gasteiger partial charge in [0.15, 0.2) is 0 Å². The molecule has 1 radical (unpaired) electrons. The summed E-state index contributed by atoms with van der Waals surface area (Å²) in [6.45, 7) is 1.98. The largest absolute Gasteiger partial charge is 0.354 e. The zero-order valence-electron chi connectivity index (χ0n) is 8.12. The van der Waals surface area contributed by atoms with Gasteiger partial charge in [-0.2, -0.15) is 0 Å². The zero-order valence-corrected chi connectivity index (χ0v) is 8.12. The molecule has 71 valence electrons. The van der Waals surface area contributed by atoms with Gasteiger partial charge in [0.1, 0.15) is 0 Å². The highest BCUT2D eigenvalue weighted by molar-refractivity contribution is 5.21. The predicted molar refractivity (Wildman–Crippen MR) is 52.5 cm³/mol. The minimum absolute atomic E-state index is 0.678. The highest BCUT2D eigenvalue weighted by atomic mass is 15.1. The minimum atomic E-state index is 0.678. The molecule has 0 bridgehead atoms. The lowest BCUT2D eigenvalue weighted by molar-refractivity contribution is 0.405. The smallest absolute Gasteiger partial charge is 0.222 e. The van der Waals surface area contributed by atoms with Gasteiger partial charge in [0.2, 0.25) is 5.95 Å². The SMILES string of the molecule is CN(C)CCCNc1nc[c]cn1. The molecule has 0 aliphatic heterocycles. The molecule has 0 atom stereocenters. The van der Waals surface area contributed by atoms with Crippen molar-refractivity contribution >= 4 is 5.95 Å². The molecule has 0 fully saturated rings. The van der Waals surface area contributed by atoms with Crippen molar-refractivity contribution in [2.24, 2.45) is 0 Å². The Hall–Kier alpha value is -1.16. The van der Waals surface area contributed by atoms with Crippen LogP contribution in [0.25, 0.3) is 0 Å². The first-order chi connectivity index (χ1) is 6.29. The summed E-state index contributed by atoms with van der Waals surface area (Å²) in [5.41, 5.74) is 0. The summed E-state index contributed by atoms with van der Waals surface area (Å²) < 4.78 is 0. The van der Waals surface area contributed by atoms with E-state index < -0.39 is 0 Å². The standard InChI is InChI=1S/C9H15N4/c1-13(2)8-4-7-12-9-10-5-3-6-11-9/h5-6H,4,7-8H2,1-2H3,(H,10,11,12). The van der Waals surface area contributed by atoms with E-state index in [0.29, 0.717) is 5.95 Å². The fraction of sp³-hybridized carbons (Fsp3) is 0.556. The average Bonchev–Trinajstić information content (AvgIpc) is 2.14. The molecule has 1 aromatic heterocycles. The number of aromatic nitrogens is 2. The van der Waals surface area contributed by atoms with Crippen molar-refractivity contribution in [3.63, 3.8) is 0 Å². The highest BCUT2D eigenvalue weighted by Crippen LogP contribution is 1.93. The number of hydrogen-bond donors (Lipinski definition) is 1. The van der Waals surface area contributed by atoms with Gasteiger partial charge < -0.3 is 10.2 Å². The Morgan fingerprint density at radius 2 is 2.08 bits per heavy atom. The first kappa shape index (κ1) is 9.92. The van der Waals surface area contributed by atoms with E-state index in [4.69, 9.17) is 0 Å². The molecule has 4 heteroatoms. The Bertz CT molecular complexity index is 222. The second-order valence-electron chi connectivity index (χ2n) is 3.09. The van der Waals surface area contributed by atoms with Gasteiger partial charge in [-0.25, -0.2) is 9.97 Å². The third-order valence-electron chi connectivity index (χ3n) is 1.59. The molecule has 0 saturated carbocycles. The molecule has 1 N–H and O–H groups in total. The van der Waals surface area contributed by atoms with Crippen molar-refractivity contribution in [2.75, 3.05) is 32.5 Å². The minimum Gasteiger partial charge on any atom is -0.354 e. The number of nitrogens with one attached hydrogen (secondary N) is 1. The molecular formula is C9H15N4. The Labute approximate surface area is 79.0 Å². The van der Waals surface area contributed by atoms with Gasteiger partial charge in [0.05, 0.1) is 0 Å². The van der Waals surface area contributed by atoms with Crippen molar-refractivity contribution in [1.82, 2.24) is 14.9 Å². The summed E-state index contributed by atoms with van der Waals surface area (Å²) in [6.07, 6.45) is 4.32. The number of nitrogens with zero attached hydrogens (tertiary/aromatic N) is 3. The van der Waals surface area contributed by atoms with E-state index in [1.54, 1.807) is 12.4 Å². The summed E-state index contributed by atoms with van der Waals surface area (Å²) in [5, 5.41) is 3.13. The summed E-state index contributed by atoms with van der Waals surface area (Å²) in [6, 6.07) is 2.77. The van der Waals surface area contributed by atoms with Gasteiger partial charge in [-0.15, -0.1) is 0 Å². The van der Waals surface area contributed by atoms with Crippen LogP contribution in [0.2, 0.25) is 0 Å². The lowest BCUT2D eigenvalue weighted by Crippen LogP contribution is -2.16. The number of anilines is 1. The van der Waals surface area contributed by atoms with E-state index in [9.17, 15) is 0 Å². The van der Waals surface area contributed by atoms with Gasteiger partial charge in [-0.1, -0.05) is 0 Å². The molecule has 0 aliphatic carbocycles. The van der Waals surface area contributed by atoms with Gasteiger partial charge in [0, 0.05) is 25.0 Å². The first-order valence-electron chi connectivity index (χ1n) is 4.36. The van der Waals surface area contributed by atoms with Gasteiger partial charge in [-0.3, -0.25) is 0 Å². The molecule has 0 aliphatic rings. The van der Waals surface area contributed by atoms with Crippen LogP contribution in [0.4, 0.5) is 5.95 Å². The molecule has 0 spiro atoms. The van der Waals surface area contributed by atoms with Crippen molar-refractivity contribution in [3.05, 3.63) is 18.5 Å². The molecular weight excluding hydrogens is 164 g/mol. The Morgan fingerprint density at radius 3 is 2.69 bits per heavy atom. The zero-order chi connectivity index (χ0) is 9.52. The first-order valence-corrected chi connectivity index (χ1v) is 4.36. The van der Waals surface area contributed by atoms with Crippen LogP contribution in [0.5, 0.6) is 0 Å². The van der Waals surface area contributed by atoms with E-state index in [0.717, 1.165) is 19.5 Å². The summed E-state index contributed by atoms with van der Waals surface area (Å²) >= 11 is 0. The van der Waals surface area contributed by atoms with Crippen molar-refractivity contribution in [2.45, 2.75) is 6.42 Å². The number of hydrogen-bond acceptors (Lipinski definition) is 4. The van der Waals surface area contributed by atoms with E-state index in [2.05, 4.69) is 40.3 Å². The summed E-state index contributed by atoms with van der Waals surface area (Å²) in [4.78, 5) is 10.2. The molecule has 0 saturated heterocycles. The van der Waals surface area contributed by atoms with Crippen LogP contribution in [-0.4, -0.2) is 42.1 Å². The van der Waals surface area contributed by atoms with Crippen LogP contribution in [0.1, 0.15) is 6.42 Å². The third-order valence-corrected chi connectivity index (χ3v) is 1.59. The van der Waals surface area contributed by atoms with Crippen LogP contribution in [-0.2, 0) is 0 Å². The van der Waals surface area contributed by atoms with E-state index in [-0.39, 0.29) is 0 Å². The summed E-state index contributed by atoms with van der Waals surface area (Å²) in [5.74, 6) is 0.678. The summed E-state index contributed by atoms with van der Waals surface area (Å²) in [7, 11) is 4.13. The molecule has 0 unspecified atom stereocenters. The topological polar surface area (TPSA) is 41.0 Å². The number of rotatable bonds is 5. The maximum Gasteiger partial charge on any atom is 0.222 e. The lowest BCUT2D eigenvalue weighted by atomic mass is 10.4. The Morgan fingerprint density at radius 1 is 1.38 bits per heavy atom. The molecule has 4 nitrogen and oxygen atoms in total. The van der Waals surface area contributed by atoms with Gasteiger partial charge >= 0.3 is 0 Å². The molecule has 1 rings (SSSR count).